The number of halogens is 1. The number of rotatable bonds is 5. The van der Waals surface area contributed by atoms with Crippen LogP contribution in [0.1, 0.15) is 12.8 Å². The summed E-state index contributed by atoms with van der Waals surface area (Å²) in [4.78, 5) is 6.71. The van der Waals surface area contributed by atoms with Gasteiger partial charge in [0.1, 0.15) is 5.82 Å². The Labute approximate surface area is 151 Å². The topological polar surface area (TPSA) is 66.0 Å². The van der Waals surface area contributed by atoms with E-state index in [1.807, 2.05) is 12.1 Å². The van der Waals surface area contributed by atoms with E-state index >= 15 is 0 Å². The van der Waals surface area contributed by atoms with Crippen molar-refractivity contribution >= 4 is 28.8 Å². The first-order chi connectivity index (χ1) is 12.8. The number of aromatic nitrogens is 3. The van der Waals surface area contributed by atoms with E-state index in [9.17, 15) is 4.39 Å². The molecule has 0 bridgehead atoms. The third kappa shape index (κ3) is 3.72. The molecule has 4 rings (SSSR count). The first kappa shape index (κ1) is 16.3. The molecule has 1 fully saturated rings. The lowest BCUT2D eigenvalue weighted by molar-refractivity contribution is 0.632. The Morgan fingerprint density at radius 3 is 2.46 bits per heavy atom. The Hall–Kier alpha value is -3.22. The Bertz CT molecular complexity index is 877. The Morgan fingerprint density at radius 2 is 1.69 bits per heavy atom. The second kappa shape index (κ2) is 7.35. The fourth-order valence-corrected chi connectivity index (χ4v) is 2.98. The van der Waals surface area contributed by atoms with Gasteiger partial charge in [-0.15, -0.1) is 5.10 Å². The fraction of sp³-hybridized carbons (Fsp3) is 0.211. The Morgan fingerprint density at radius 1 is 0.923 bits per heavy atom. The number of para-hydroxylation sites is 1. The zero-order valence-corrected chi connectivity index (χ0v) is 14.2. The molecular weight excluding hydrogens is 331 g/mol. The van der Waals surface area contributed by atoms with Crippen LogP contribution in [0.3, 0.4) is 0 Å². The zero-order chi connectivity index (χ0) is 17.8. The lowest BCUT2D eigenvalue weighted by Crippen LogP contribution is -2.17. The van der Waals surface area contributed by atoms with E-state index in [1.165, 1.54) is 30.8 Å². The highest BCUT2D eigenvalue weighted by molar-refractivity contribution is 5.61. The minimum atomic E-state index is -0.349. The third-order valence-electron chi connectivity index (χ3n) is 4.29. The van der Waals surface area contributed by atoms with Crippen molar-refractivity contribution in [3.63, 3.8) is 0 Å². The summed E-state index contributed by atoms with van der Waals surface area (Å²) in [5, 5.41) is 13.9. The predicted octanol–water partition coefficient (Wildman–Crippen LogP) is 4.10. The summed E-state index contributed by atoms with van der Waals surface area (Å²) in [6, 6.07) is 14.6. The molecule has 2 heterocycles. The van der Waals surface area contributed by atoms with Crippen LogP contribution in [0.2, 0.25) is 0 Å². The Kier molecular flexibility index (Phi) is 4.59. The smallest absolute Gasteiger partial charge is 0.249 e. The molecule has 2 aromatic carbocycles. The van der Waals surface area contributed by atoms with Gasteiger partial charge in [0.05, 0.1) is 11.9 Å². The third-order valence-corrected chi connectivity index (χ3v) is 4.29. The van der Waals surface area contributed by atoms with Crippen LogP contribution in [0.25, 0.3) is 0 Å². The first-order valence-corrected chi connectivity index (χ1v) is 8.61. The van der Waals surface area contributed by atoms with Crippen molar-refractivity contribution in [2.75, 3.05) is 28.6 Å². The summed E-state index contributed by atoms with van der Waals surface area (Å²) in [5.74, 6) is 0.416. The van der Waals surface area contributed by atoms with Crippen LogP contribution in [0.15, 0.2) is 54.7 Å². The maximum atomic E-state index is 13.7. The van der Waals surface area contributed by atoms with Gasteiger partial charge in [0.25, 0.3) is 0 Å². The molecule has 0 radical (unpaired) electrons. The monoisotopic (exact) mass is 350 g/mol. The predicted molar refractivity (Wildman–Crippen MR) is 101 cm³/mol. The van der Waals surface area contributed by atoms with E-state index < -0.39 is 0 Å². The molecule has 26 heavy (non-hydrogen) atoms. The normalized spacial score (nSPS) is 13.7. The summed E-state index contributed by atoms with van der Waals surface area (Å²) in [5.41, 5.74) is 2.44. The van der Waals surface area contributed by atoms with E-state index in [-0.39, 0.29) is 5.82 Å². The van der Waals surface area contributed by atoms with Gasteiger partial charge in [0, 0.05) is 24.5 Å². The fourth-order valence-electron chi connectivity index (χ4n) is 2.98. The summed E-state index contributed by atoms with van der Waals surface area (Å²) in [6.45, 7) is 2.23. The van der Waals surface area contributed by atoms with Gasteiger partial charge >= 0.3 is 0 Å². The first-order valence-electron chi connectivity index (χ1n) is 8.61. The largest absolute Gasteiger partial charge is 0.372 e. The molecule has 0 saturated carbocycles. The number of nitrogens with zero attached hydrogens (tertiary/aromatic N) is 4. The molecule has 7 heteroatoms. The zero-order valence-electron chi connectivity index (χ0n) is 14.2. The average Bonchev–Trinajstić information content (AvgIpc) is 3.19. The van der Waals surface area contributed by atoms with Crippen LogP contribution < -0.4 is 15.5 Å². The standard InChI is InChI=1S/C19H19FN6/c20-16-5-1-2-6-17(16)23-18-13-21-25-19(24-18)22-14-7-9-15(10-8-14)26-11-3-4-12-26/h1-2,5-10,13H,3-4,11-12H2,(H2,22,23,24,25). The lowest BCUT2D eigenvalue weighted by atomic mass is 10.2. The molecule has 6 nitrogen and oxygen atoms in total. The second-order valence-corrected chi connectivity index (χ2v) is 6.14. The van der Waals surface area contributed by atoms with Gasteiger partial charge in [-0.1, -0.05) is 12.1 Å². The highest BCUT2D eigenvalue weighted by Gasteiger charge is 2.12. The minimum Gasteiger partial charge on any atom is -0.372 e. The number of anilines is 5. The molecule has 132 valence electrons. The van der Waals surface area contributed by atoms with Crippen LogP contribution >= 0.6 is 0 Å². The molecule has 1 aliphatic rings. The van der Waals surface area contributed by atoms with Gasteiger partial charge in [-0.25, -0.2) is 4.39 Å². The lowest BCUT2D eigenvalue weighted by Gasteiger charge is -2.17. The van der Waals surface area contributed by atoms with Crippen molar-refractivity contribution in [2.45, 2.75) is 12.8 Å². The van der Waals surface area contributed by atoms with Crippen LogP contribution in [-0.2, 0) is 0 Å². The van der Waals surface area contributed by atoms with Crippen molar-refractivity contribution in [3.8, 4) is 0 Å². The number of hydrogen-bond acceptors (Lipinski definition) is 6. The van der Waals surface area contributed by atoms with Crippen molar-refractivity contribution in [1.29, 1.82) is 0 Å². The van der Waals surface area contributed by atoms with Gasteiger partial charge in [-0.2, -0.15) is 10.1 Å². The summed E-state index contributed by atoms with van der Waals surface area (Å²) in [6.07, 6.45) is 3.96. The molecular formula is C19H19FN6. The molecule has 1 aromatic heterocycles. The highest BCUT2D eigenvalue weighted by Crippen LogP contribution is 2.23. The number of nitrogens with one attached hydrogen (secondary N) is 2. The highest BCUT2D eigenvalue weighted by atomic mass is 19.1. The van der Waals surface area contributed by atoms with Crippen molar-refractivity contribution in [2.24, 2.45) is 0 Å². The molecule has 0 aliphatic carbocycles. The maximum absolute atomic E-state index is 13.7. The molecule has 0 spiro atoms. The summed E-state index contributed by atoms with van der Waals surface area (Å²) < 4.78 is 13.7. The molecule has 0 atom stereocenters. The van der Waals surface area contributed by atoms with E-state index in [0.29, 0.717) is 17.5 Å². The molecule has 1 saturated heterocycles. The van der Waals surface area contributed by atoms with E-state index in [4.69, 9.17) is 0 Å². The van der Waals surface area contributed by atoms with Crippen LogP contribution in [-0.4, -0.2) is 28.3 Å². The molecule has 2 N–H and O–H groups in total. The van der Waals surface area contributed by atoms with E-state index in [2.05, 4.69) is 42.8 Å². The maximum Gasteiger partial charge on any atom is 0.249 e. The SMILES string of the molecule is Fc1ccccc1Nc1cnnc(Nc2ccc(N3CCCC3)cc2)n1. The second-order valence-electron chi connectivity index (χ2n) is 6.14. The summed E-state index contributed by atoms with van der Waals surface area (Å²) in [7, 11) is 0. The van der Waals surface area contributed by atoms with Crippen LogP contribution in [0, 0.1) is 5.82 Å². The quantitative estimate of drug-likeness (QED) is 0.722. The Balaban J connectivity index is 1.46. The van der Waals surface area contributed by atoms with Crippen LogP contribution in [0.5, 0.6) is 0 Å². The van der Waals surface area contributed by atoms with Crippen molar-refractivity contribution < 1.29 is 4.39 Å². The van der Waals surface area contributed by atoms with Crippen LogP contribution in [0.4, 0.5) is 33.2 Å². The molecule has 3 aromatic rings. The number of hydrogen-bond donors (Lipinski definition) is 2. The van der Waals surface area contributed by atoms with E-state index in [1.54, 1.807) is 18.2 Å². The minimum absolute atomic E-state index is 0.342. The van der Waals surface area contributed by atoms with Gasteiger partial charge in [0.15, 0.2) is 5.82 Å². The van der Waals surface area contributed by atoms with Gasteiger partial charge in [0.2, 0.25) is 5.95 Å². The van der Waals surface area contributed by atoms with Gasteiger partial charge in [-0.3, -0.25) is 0 Å². The average molecular weight is 350 g/mol. The van der Waals surface area contributed by atoms with E-state index in [0.717, 1.165) is 18.8 Å². The number of benzene rings is 2. The summed E-state index contributed by atoms with van der Waals surface area (Å²) >= 11 is 0. The molecule has 1 aliphatic heterocycles. The van der Waals surface area contributed by atoms with Crippen molar-refractivity contribution in [1.82, 2.24) is 15.2 Å². The molecule has 0 amide bonds. The molecule has 0 unspecified atom stereocenters. The van der Waals surface area contributed by atoms with Gasteiger partial charge < -0.3 is 15.5 Å². The van der Waals surface area contributed by atoms with Crippen molar-refractivity contribution in [3.05, 3.63) is 60.5 Å². The van der Waals surface area contributed by atoms with Gasteiger partial charge in [-0.05, 0) is 49.2 Å².